The van der Waals surface area contributed by atoms with E-state index < -0.39 is 0 Å². The zero-order chi connectivity index (χ0) is 24.5. The van der Waals surface area contributed by atoms with Gasteiger partial charge in [-0.1, -0.05) is 180 Å². The average Bonchev–Trinajstić information content (AvgIpc) is 2.82. The third-order valence-corrected chi connectivity index (χ3v) is 6.85. The molecular weight excluding hydrogens is 491 g/mol. The van der Waals surface area contributed by atoms with Crippen LogP contribution in [0, 0.1) is 12.3 Å². The van der Waals surface area contributed by atoms with Crippen LogP contribution < -0.4 is 0 Å². The first-order valence-corrected chi connectivity index (χ1v) is 16.0. The van der Waals surface area contributed by atoms with E-state index in [1.807, 2.05) is 0 Å². The Morgan fingerprint density at radius 3 is 0.676 bits per heavy atom. The summed E-state index contributed by atoms with van der Waals surface area (Å²) in [6.07, 6.45) is 40.8. The van der Waals surface area contributed by atoms with Crippen LogP contribution in [0.25, 0.3) is 0 Å². The van der Waals surface area contributed by atoms with Crippen LogP contribution in [0.15, 0.2) is 0 Å². The summed E-state index contributed by atoms with van der Waals surface area (Å²) in [6.45, 7) is 6.22. The minimum Gasteiger partial charge on any atom is -0.343 e. The Balaban J connectivity index is -0.00000227. The summed E-state index contributed by atoms with van der Waals surface area (Å²) in [5, 5.41) is 0.944. The van der Waals surface area contributed by atoms with Crippen LogP contribution >= 0.6 is 23.2 Å². The van der Waals surface area contributed by atoms with Crippen LogP contribution in [0.1, 0.15) is 187 Å². The Bertz CT molecular complexity index is 271. The molecule has 0 aliphatic heterocycles. The Morgan fingerprint density at radius 2 is 0.529 bits per heavy atom. The molecule has 0 saturated heterocycles. The van der Waals surface area contributed by atoms with E-state index in [1.165, 1.54) is 173 Å². The zero-order valence-corrected chi connectivity index (χ0v) is 26.4. The minimum absolute atomic E-state index is 0. The van der Waals surface area contributed by atoms with Gasteiger partial charge in [-0.25, -0.2) is 0 Å². The Morgan fingerprint density at radius 1 is 0.382 bits per heavy atom. The molecule has 0 aromatic carbocycles. The molecule has 0 nitrogen and oxygen atoms in total. The van der Waals surface area contributed by atoms with Crippen molar-refractivity contribution in [1.29, 1.82) is 0 Å². The normalized spacial score (nSPS) is 10.6. The molecule has 204 valence electrons. The van der Waals surface area contributed by atoms with E-state index in [0.29, 0.717) is 0 Å². The molecule has 0 unspecified atom stereocenters. The summed E-state index contributed by atoms with van der Waals surface area (Å²) in [4.78, 5) is 0. The molecule has 0 N–H and O–H groups in total. The molecule has 0 spiro atoms. The SMILES string of the molecule is Cl[CH-]Cl.[CH2-]CCCCCCCCCCCCCCCCCCCCCCCCCCCCC.[Ti+2]. The van der Waals surface area contributed by atoms with E-state index >= 15 is 0 Å². The Labute approximate surface area is 242 Å². The van der Waals surface area contributed by atoms with E-state index in [-0.39, 0.29) is 21.7 Å². The van der Waals surface area contributed by atoms with Crippen molar-refractivity contribution in [1.82, 2.24) is 0 Å². The summed E-state index contributed by atoms with van der Waals surface area (Å²) >= 11 is 9.28. The number of rotatable bonds is 27. The molecule has 0 aliphatic carbocycles. The van der Waals surface area contributed by atoms with E-state index in [0.717, 1.165) is 11.8 Å². The first-order valence-electron chi connectivity index (χ1n) is 15.1. The van der Waals surface area contributed by atoms with Crippen LogP contribution in [0.2, 0.25) is 0 Å². The summed E-state index contributed by atoms with van der Waals surface area (Å²) in [6, 6.07) is 0. The summed E-state index contributed by atoms with van der Waals surface area (Å²) in [5.41, 5.74) is 0. The zero-order valence-electron chi connectivity index (χ0n) is 23.3. The molecular formula is C31H62Cl2Ti. The van der Waals surface area contributed by atoms with Gasteiger partial charge in [0.2, 0.25) is 0 Å². The van der Waals surface area contributed by atoms with Crippen LogP contribution in [0.3, 0.4) is 0 Å². The minimum atomic E-state index is 0. The van der Waals surface area contributed by atoms with Crippen LogP contribution in [0.4, 0.5) is 0 Å². The fraction of sp³-hybridized carbons (Fsp3) is 0.935. The number of hydrogen-bond donors (Lipinski definition) is 0. The third-order valence-electron chi connectivity index (χ3n) is 6.85. The van der Waals surface area contributed by atoms with Gasteiger partial charge in [-0.2, -0.15) is 11.8 Å². The molecule has 0 saturated carbocycles. The van der Waals surface area contributed by atoms with E-state index in [4.69, 9.17) is 0 Å². The van der Waals surface area contributed by atoms with Crippen molar-refractivity contribution < 1.29 is 21.7 Å². The number of hydrogen-bond acceptors (Lipinski definition) is 0. The first kappa shape index (κ1) is 39.8. The molecule has 0 amide bonds. The third kappa shape index (κ3) is 43.4. The topological polar surface area (TPSA) is 0 Å². The molecule has 0 bridgehead atoms. The second-order valence-corrected chi connectivity index (χ2v) is 10.8. The molecule has 0 fully saturated rings. The molecule has 3 heteroatoms. The number of unbranched alkanes of at least 4 members (excludes halogenated alkanes) is 27. The molecule has 34 heavy (non-hydrogen) atoms. The maximum absolute atomic E-state index is 4.64. The van der Waals surface area contributed by atoms with Crippen LogP contribution in [0.5, 0.6) is 0 Å². The molecule has 0 radical (unpaired) electrons. The fourth-order valence-electron chi connectivity index (χ4n) is 4.67. The van der Waals surface area contributed by atoms with Crippen molar-refractivity contribution in [3.63, 3.8) is 0 Å². The van der Waals surface area contributed by atoms with E-state index in [2.05, 4.69) is 37.0 Å². The van der Waals surface area contributed by atoms with Crippen molar-refractivity contribution in [2.75, 3.05) is 0 Å². The predicted octanol–water partition coefficient (Wildman–Crippen LogP) is 13.3. The van der Waals surface area contributed by atoms with Gasteiger partial charge in [-0.05, 0) is 0 Å². The van der Waals surface area contributed by atoms with Crippen LogP contribution in [-0.4, -0.2) is 0 Å². The first-order chi connectivity index (χ1) is 16.3. The van der Waals surface area contributed by atoms with Gasteiger partial charge < -0.3 is 30.1 Å². The van der Waals surface area contributed by atoms with Crippen molar-refractivity contribution >= 4 is 23.2 Å². The smallest absolute Gasteiger partial charge is 0.343 e. The molecule has 0 aromatic heterocycles. The maximum Gasteiger partial charge on any atom is 2.00 e. The van der Waals surface area contributed by atoms with Gasteiger partial charge >= 0.3 is 21.7 Å². The van der Waals surface area contributed by atoms with Crippen molar-refractivity contribution in [2.24, 2.45) is 0 Å². The van der Waals surface area contributed by atoms with Gasteiger partial charge in [0.05, 0.1) is 0 Å². The molecule has 0 heterocycles. The monoisotopic (exact) mass is 552 g/mol. The maximum atomic E-state index is 4.64. The van der Waals surface area contributed by atoms with E-state index in [1.54, 1.807) is 0 Å². The summed E-state index contributed by atoms with van der Waals surface area (Å²) in [7, 11) is 0. The van der Waals surface area contributed by atoms with Gasteiger partial charge in [0.25, 0.3) is 0 Å². The van der Waals surface area contributed by atoms with Gasteiger partial charge in [0.1, 0.15) is 0 Å². The van der Waals surface area contributed by atoms with Gasteiger partial charge in [0.15, 0.2) is 0 Å². The Kier molecular flexibility index (Phi) is 48.5. The Hall–Kier alpha value is 1.29. The van der Waals surface area contributed by atoms with Gasteiger partial charge in [-0.15, -0.1) is 0 Å². The summed E-state index contributed by atoms with van der Waals surface area (Å²) in [5.74, 6) is 0. The van der Waals surface area contributed by atoms with Crippen molar-refractivity contribution in [3.8, 4) is 0 Å². The van der Waals surface area contributed by atoms with Crippen molar-refractivity contribution in [3.05, 3.63) is 12.3 Å². The molecule has 0 rings (SSSR count). The van der Waals surface area contributed by atoms with Gasteiger partial charge in [-0.3, -0.25) is 0 Å². The second kappa shape index (κ2) is 41.4. The van der Waals surface area contributed by atoms with Gasteiger partial charge in [0, 0.05) is 0 Å². The quantitative estimate of drug-likeness (QED) is 0.0539. The molecule has 0 atom stereocenters. The predicted molar refractivity (Wildman–Crippen MR) is 156 cm³/mol. The standard InChI is InChI=1S/C30H61.CHCl2.Ti/c1-3-5-7-9-11-13-15-17-19-21-23-25-27-29-30-28-26-24-22-20-18-16-14-12-10-8-6-4-2;2-1-3;/h1,3-30H2,2H3;1H;/q2*-1;+2. The molecule has 0 aliphatic rings. The van der Waals surface area contributed by atoms with Crippen molar-refractivity contribution in [2.45, 2.75) is 187 Å². The van der Waals surface area contributed by atoms with Crippen LogP contribution in [-0.2, 0) is 21.7 Å². The largest absolute Gasteiger partial charge is 2.00 e. The second-order valence-electron chi connectivity index (χ2n) is 10.1. The fourth-order valence-corrected chi connectivity index (χ4v) is 4.67. The van der Waals surface area contributed by atoms with E-state index in [9.17, 15) is 0 Å². The summed E-state index contributed by atoms with van der Waals surface area (Å²) < 4.78 is 0. The average molecular weight is 554 g/mol. The number of halogens is 2. The molecule has 0 aromatic rings.